The number of rotatable bonds is 7. The van der Waals surface area contributed by atoms with Gasteiger partial charge in [-0.3, -0.25) is 9.52 Å². The predicted octanol–water partition coefficient (Wildman–Crippen LogP) is 3.37. The van der Waals surface area contributed by atoms with Crippen molar-refractivity contribution in [3.63, 3.8) is 0 Å². The SMILES string of the molecule is O=C1CC(c2ccc(CC(NS(=O)(=O)c3cccc(Cl)c3)c3nc4ccccc4[nH]3)cc2)S(=O)(=O)N1. The minimum atomic E-state index is -3.95. The number of hydrogen-bond donors (Lipinski definition) is 3. The second-order valence-corrected chi connectivity index (χ2v) is 12.5. The number of imidazole rings is 1. The van der Waals surface area contributed by atoms with Gasteiger partial charge in [0.25, 0.3) is 0 Å². The van der Waals surface area contributed by atoms with Gasteiger partial charge < -0.3 is 4.98 Å². The molecule has 1 amide bonds. The minimum absolute atomic E-state index is 0.0232. The lowest BCUT2D eigenvalue weighted by molar-refractivity contribution is -0.118. The molecule has 0 bridgehead atoms. The van der Waals surface area contributed by atoms with Crippen LogP contribution in [0.5, 0.6) is 0 Å². The van der Waals surface area contributed by atoms with Gasteiger partial charge in [-0.25, -0.2) is 26.5 Å². The number of nitrogens with one attached hydrogen (secondary N) is 3. The smallest absolute Gasteiger partial charge is 0.242 e. The van der Waals surface area contributed by atoms with Crippen molar-refractivity contribution in [3.8, 4) is 0 Å². The van der Waals surface area contributed by atoms with Gasteiger partial charge in [0.1, 0.15) is 11.1 Å². The molecule has 1 aromatic heterocycles. The third kappa shape index (κ3) is 5.00. The van der Waals surface area contributed by atoms with Gasteiger partial charge in [-0.2, -0.15) is 0 Å². The van der Waals surface area contributed by atoms with E-state index in [-0.39, 0.29) is 17.7 Å². The summed E-state index contributed by atoms with van der Waals surface area (Å²) in [5.41, 5.74) is 2.68. The number of nitrogens with zero attached hydrogens (tertiary/aromatic N) is 1. The van der Waals surface area contributed by atoms with E-state index in [0.717, 1.165) is 11.1 Å². The summed E-state index contributed by atoms with van der Waals surface area (Å²) in [6.45, 7) is 0. The first-order valence-electron chi connectivity index (χ1n) is 11.0. The molecule has 1 aliphatic rings. The number of aromatic amines is 1. The summed E-state index contributed by atoms with van der Waals surface area (Å²) >= 11 is 6.01. The number of benzene rings is 3. The number of sulfonamides is 2. The third-order valence-electron chi connectivity index (χ3n) is 5.93. The molecule has 186 valence electrons. The molecule has 3 N–H and O–H groups in total. The van der Waals surface area contributed by atoms with E-state index in [4.69, 9.17) is 11.6 Å². The molecular weight excluding hydrogens is 524 g/mol. The molecular formula is C24H21ClN4O5S2. The molecule has 1 aliphatic heterocycles. The van der Waals surface area contributed by atoms with Crippen LogP contribution in [0, 0.1) is 0 Å². The Hall–Kier alpha value is -3.25. The predicted molar refractivity (Wildman–Crippen MR) is 135 cm³/mol. The molecule has 4 aromatic rings. The minimum Gasteiger partial charge on any atom is -0.341 e. The van der Waals surface area contributed by atoms with E-state index in [1.807, 2.05) is 29.0 Å². The molecule has 2 atom stereocenters. The molecule has 1 saturated heterocycles. The van der Waals surface area contributed by atoms with Crippen LogP contribution in [0.1, 0.15) is 34.7 Å². The summed E-state index contributed by atoms with van der Waals surface area (Å²) in [5, 5.41) is -0.657. The highest BCUT2D eigenvalue weighted by atomic mass is 35.5. The summed E-state index contributed by atoms with van der Waals surface area (Å²) in [5.74, 6) is -0.108. The fourth-order valence-corrected chi connectivity index (χ4v) is 7.10. The van der Waals surface area contributed by atoms with Crippen molar-refractivity contribution >= 4 is 48.6 Å². The molecule has 0 aliphatic carbocycles. The van der Waals surface area contributed by atoms with Gasteiger partial charge in [-0.1, -0.05) is 54.1 Å². The number of halogens is 1. The quantitative estimate of drug-likeness (QED) is 0.326. The van der Waals surface area contributed by atoms with Crippen LogP contribution in [0.2, 0.25) is 5.02 Å². The molecule has 0 saturated carbocycles. The monoisotopic (exact) mass is 544 g/mol. The maximum absolute atomic E-state index is 13.2. The van der Waals surface area contributed by atoms with Crippen LogP contribution in [0.15, 0.2) is 77.7 Å². The molecule has 12 heteroatoms. The molecule has 5 rings (SSSR count). The highest BCUT2D eigenvalue weighted by molar-refractivity contribution is 7.90. The molecule has 2 unspecified atom stereocenters. The molecule has 3 aromatic carbocycles. The summed E-state index contributed by atoms with van der Waals surface area (Å²) in [6.07, 6.45) is 0.0945. The summed E-state index contributed by atoms with van der Waals surface area (Å²) in [7, 11) is -7.71. The van der Waals surface area contributed by atoms with Crippen LogP contribution in [0.4, 0.5) is 0 Å². The van der Waals surface area contributed by atoms with Crippen molar-refractivity contribution in [2.45, 2.75) is 29.0 Å². The van der Waals surface area contributed by atoms with Crippen molar-refractivity contribution < 1.29 is 21.6 Å². The average Bonchev–Trinajstić information content (AvgIpc) is 3.38. The van der Waals surface area contributed by atoms with Gasteiger partial charge in [-0.15, -0.1) is 0 Å². The lowest BCUT2D eigenvalue weighted by Gasteiger charge is -2.18. The van der Waals surface area contributed by atoms with E-state index >= 15 is 0 Å². The number of hydrogen-bond acceptors (Lipinski definition) is 6. The van der Waals surface area contributed by atoms with E-state index in [2.05, 4.69) is 14.7 Å². The Bertz CT molecular complexity index is 1640. The van der Waals surface area contributed by atoms with E-state index in [1.54, 1.807) is 36.4 Å². The van der Waals surface area contributed by atoms with E-state index < -0.39 is 37.2 Å². The molecule has 0 radical (unpaired) electrons. The van der Waals surface area contributed by atoms with Gasteiger partial charge in [-0.05, 0) is 47.9 Å². The first-order chi connectivity index (χ1) is 17.1. The van der Waals surface area contributed by atoms with Crippen molar-refractivity contribution in [3.05, 3.63) is 94.8 Å². The topological polar surface area (TPSA) is 138 Å². The lowest BCUT2D eigenvalue weighted by Crippen LogP contribution is -2.31. The number of aromatic nitrogens is 2. The Kier molecular flexibility index (Phi) is 6.33. The fourth-order valence-electron chi connectivity index (χ4n) is 4.17. The first-order valence-corrected chi connectivity index (χ1v) is 14.4. The van der Waals surface area contributed by atoms with Crippen LogP contribution in [-0.4, -0.2) is 32.7 Å². The van der Waals surface area contributed by atoms with Crippen molar-refractivity contribution in [1.82, 2.24) is 19.4 Å². The Labute approximate surface area is 213 Å². The number of fused-ring (bicyclic) bond motifs is 1. The van der Waals surface area contributed by atoms with E-state index in [0.29, 0.717) is 21.9 Å². The van der Waals surface area contributed by atoms with Crippen molar-refractivity contribution in [1.29, 1.82) is 0 Å². The zero-order valence-electron chi connectivity index (χ0n) is 18.7. The van der Waals surface area contributed by atoms with Crippen LogP contribution >= 0.6 is 11.6 Å². The van der Waals surface area contributed by atoms with E-state index in [9.17, 15) is 21.6 Å². The van der Waals surface area contributed by atoms with Gasteiger partial charge >= 0.3 is 0 Å². The Morgan fingerprint density at radius 3 is 2.47 bits per heavy atom. The number of amides is 1. The Morgan fingerprint density at radius 2 is 1.81 bits per heavy atom. The van der Waals surface area contributed by atoms with Gasteiger partial charge in [0, 0.05) is 5.02 Å². The molecule has 1 fully saturated rings. The standard InChI is InChI=1S/C24H21ClN4O5S2/c25-17-4-3-5-18(13-17)35(31,32)28-21(24-26-19-6-1-2-7-20(19)27-24)12-15-8-10-16(11-9-15)22-14-23(30)29-36(22,33)34/h1-11,13,21-22,28H,12,14H2,(H,26,27)(H,29,30). The van der Waals surface area contributed by atoms with Gasteiger partial charge in [0.05, 0.1) is 28.4 Å². The zero-order chi connectivity index (χ0) is 25.5. The maximum Gasteiger partial charge on any atom is 0.242 e. The summed E-state index contributed by atoms with van der Waals surface area (Å²) in [6, 6.07) is 19.3. The largest absolute Gasteiger partial charge is 0.341 e. The number of para-hydroxylation sites is 2. The Balaban J connectivity index is 1.46. The number of carbonyl (C=O) groups excluding carboxylic acids is 1. The average molecular weight is 545 g/mol. The van der Waals surface area contributed by atoms with Crippen molar-refractivity contribution in [2.75, 3.05) is 0 Å². The number of H-pyrrole nitrogens is 1. The normalized spacial score (nSPS) is 18.2. The van der Waals surface area contributed by atoms with E-state index in [1.165, 1.54) is 12.1 Å². The van der Waals surface area contributed by atoms with Gasteiger partial charge in [0.15, 0.2) is 0 Å². The van der Waals surface area contributed by atoms with Crippen LogP contribution < -0.4 is 9.44 Å². The van der Waals surface area contributed by atoms with Gasteiger partial charge in [0.2, 0.25) is 26.0 Å². The van der Waals surface area contributed by atoms with Crippen molar-refractivity contribution in [2.24, 2.45) is 0 Å². The van der Waals surface area contributed by atoms with Crippen LogP contribution in [0.3, 0.4) is 0 Å². The molecule has 36 heavy (non-hydrogen) atoms. The Morgan fingerprint density at radius 1 is 1.06 bits per heavy atom. The first kappa shape index (κ1) is 24.4. The molecule has 2 heterocycles. The lowest BCUT2D eigenvalue weighted by atomic mass is 10.0. The van der Waals surface area contributed by atoms with Crippen LogP contribution in [0.25, 0.3) is 11.0 Å². The second-order valence-electron chi connectivity index (χ2n) is 8.48. The highest BCUT2D eigenvalue weighted by Gasteiger charge is 2.37. The highest BCUT2D eigenvalue weighted by Crippen LogP contribution is 2.31. The zero-order valence-corrected chi connectivity index (χ0v) is 21.1. The fraction of sp³-hybridized carbons (Fsp3) is 0.167. The van der Waals surface area contributed by atoms with Crippen LogP contribution in [-0.2, 0) is 31.3 Å². The second kappa shape index (κ2) is 9.32. The summed E-state index contributed by atoms with van der Waals surface area (Å²) < 4.78 is 55.5. The third-order valence-corrected chi connectivity index (χ3v) is 9.34. The number of carbonyl (C=O) groups is 1. The molecule has 9 nitrogen and oxygen atoms in total. The molecule has 0 spiro atoms. The maximum atomic E-state index is 13.2. The summed E-state index contributed by atoms with van der Waals surface area (Å²) in [4.78, 5) is 19.4.